The number of benzene rings is 1. The molecule has 0 saturated heterocycles. The fourth-order valence-electron chi connectivity index (χ4n) is 1.98. The molecule has 0 saturated carbocycles. The molecule has 98 valence electrons. The third-order valence-electron chi connectivity index (χ3n) is 2.94. The van der Waals surface area contributed by atoms with Gasteiger partial charge in [-0.3, -0.25) is 0 Å². The van der Waals surface area contributed by atoms with Gasteiger partial charge in [0.2, 0.25) is 0 Å². The van der Waals surface area contributed by atoms with Crippen molar-refractivity contribution in [1.82, 2.24) is 9.55 Å². The summed E-state index contributed by atoms with van der Waals surface area (Å²) in [7, 11) is 0. The van der Waals surface area contributed by atoms with Crippen molar-refractivity contribution in [3.8, 4) is 0 Å². The van der Waals surface area contributed by atoms with Crippen LogP contribution in [0.4, 0.5) is 4.39 Å². The Morgan fingerprint density at radius 2 is 2.28 bits per heavy atom. The average molecular weight is 305 g/mol. The molecule has 1 aromatic carbocycles. The number of thioether (sulfide) groups is 1. The van der Waals surface area contributed by atoms with Gasteiger partial charge in [-0.15, -0.1) is 0 Å². The molecule has 1 heterocycles. The average Bonchev–Trinajstić information content (AvgIpc) is 2.62. The fraction of sp³-hybridized carbons (Fsp3) is 0.417. The molecular weight excluding hydrogens is 291 g/mol. The molecule has 0 aliphatic rings. The van der Waals surface area contributed by atoms with E-state index in [9.17, 15) is 4.39 Å². The van der Waals surface area contributed by atoms with E-state index in [-0.39, 0.29) is 11.1 Å². The Bertz CT molecular complexity index is 620. The number of aromatic amines is 1. The van der Waals surface area contributed by atoms with Crippen LogP contribution in [0, 0.1) is 10.6 Å². The van der Waals surface area contributed by atoms with E-state index in [1.54, 1.807) is 17.8 Å². The highest BCUT2D eigenvalue weighted by Gasteiger charge is 2.13. The predicted octanol–water partition coefficient (Wildman–Crippen LogP) is 4.81. The quantitative estimate of drug-likeness (QED) is 0.819. The Labute approximate surface area is 120 Å². The maximum Gasteiger partial charge on any atom is 0.178 e. The lowest BCUT2D eigenvalue weighted by Gasteiger charge is -2.14. The van der Waals surface area contributed by atoms with Crippen LogP contribution in [-0.2, 0) is 0 Å². The third kappa shape index (κ3) is 2.58. The Balaban J connectivity index is 2.53. The fourth-order valence-corrected chi connectivity index (χ4v) is 3.10. The van der Waals surface area contributed by atoms with Gasteiger partial charge in [0.1, 0.15) is 5.82 Å². The minimum absolute atomic E-state index is 0.127. The zero-order valence-corrected chi connectivity index (χ0v) is 12.6. The summed E-state index contributed by atoms with van der Waals surface area (Å²) in [5, 5.41) is 0.127. The van der Waals surface area contributed by atoms with Gasteiger partial charge in [0.05, 0.1) is 16.1 Å². The molecule has 1 N–H and O–H groups in total. The van der Waals surface area contributed by atoms with Crippen molar-refractivity contribution in [2.45, 2.75) is 19.4 Å². The Morgan fingerprint density at radius 1 is 1.56 bits per heavy atom. The summed E-state index contributed by atoms with van der Waals surface area (Å²) < 4.78 is 16.0. The van der Waals surface area contributed by atoms with Crippen LogP contribution in [-0.4, -0.2) is 21.6 Å². The van der Waals surface area contributed by atoms with Gasteiger partial charge in [0.25, 0.3) is 0 Å². The molecule has 1 atom stereocenters. The highest BCUT2D eigenvalue weighted by atomic mass is 35.5. The van der Waals surface area contributed by atoms with Crippen LogP contribution in [0.3, 0.4) is 0 Å². The second kappa shape index (κ2) is 5.63. The summed E-state index contributed by atoms with van der Waals surface area (Å²) in [6.07, 6.45) is 3.09. The zero-order valence-electron chi connectivity index (χ0n) is 10.2. The van der Waals surface area contributed by atoms with Crippen molar-refractivity contribution in [1.29, 1.82) is 0 Å². The number of H-pyrrole nitrogens is 1. The van der Waals surface area contributed by atoms with Gasteiger partial charge >= 0.3 is 0 Å². The largest absolute Gasteiger partial charge is 0.330 e. The van der Waals surface area contributed by atoms with Crippen LogP contribution in [0.25, 0.3) is 11.0 Å². The molecule has 0 amide bonds. The van der Waals surface area contributed by atoms with Crippen LogP contribution in [0.15, 0.2) is 12.1 Å². The normalized spacial score (nSPS) is 13.1. The number of rotatable bonds is 4. The third-order valence-corrected chi connectivity index (χ3v) is 4.17. The van der Waals surface area contributed by atoms with E-state index >= 15 is 0 Å². The predicted molar refractivity (Wildman–Crippen MR) is 79.8 cm³/mol. The second-order valence-electron chi connectivity index (χ2n) is 4.21. The Hall–Kier alpha value is -0.520. The summed E-state index contributed by atoms with van der Waals surface area (Å²) in [5.41, 5.74) is 1.55. The van der Waals surface area contributed by atoms with Crippen LogP contribution in [0.1, 0.15) is 19.4 Å². The zero-order chi connectivity index (χ0) is 13.3. The number of hydrogen-bond donors (Lipinski definition) is 1. The number of nitrogens with zero attached hydrogens (tertiary/aromatic N) is 1. The van der Waals surface area contributed by atoms with Crippen molar-refractivity contribution >= 4 is 46.6 Å². The molecule has 1 unspecified atom stereocenters. The number of halogens is 2. The van der Waals surface area contributed by atoms with Gasteiger partial charge in [-0.2, -0.15) is 11.8 Å². The molecule has 0 radical (unpaired) electrons. The van der Waals surface area contributed by atoms with Crippen LogP contribution >= 0.6 is 35.6 Å². The first-order valence-corrected chi connectivity index (χ1v) is 7.80. The monoisotopic (exact) mass is 304 g/mol. The highest BCUT2D eigenvalue weighted by Crippen LogP contribution is 2.26. The molecule has 2 rings (SSSR count). The van der Waals surface area contributed by atoms with Crippen LogP contribution in [0.2, 0.25) is 5.02 Å². The lowest BCUT2D eigenvalue weighted by Crippen LogP contribution is -2.06. The summed E-state index contributed by atoms with van der Waals surface area (Å²) in [5.74, 6) is 0.634. The van der Waals surface area contributed by atoms with E-state index in [4.69, 9.17) is 23.8 Å². The first kappa shape index (κ1) is 13.9. The molecule has 18 heavy (non-hydrogen) atoms. The van der Waals surface area contributed by atoms with Crippen molar-refractivity contribution in [3.63, 3.8) is 0 Å². The molecule has 6 heteroatoms. The summed E-state index contributed by atoms with van der Waals surface area (Å²) >= 11 is 12.9. The van der Waals surface area contributed by atoms with E-state index in [0.29, 0.717) is 10.3 Å². The number of imidazole rings is 1. The number of aromatic nitrogens is 2. The van der Waals surface area contributed by atoms with Gasteiger partial charge < -0.3 is 9.55 Å². The molecule has 0 spiro atoms. The topological polar surface area (TPSA) is 20.7 Å². The first-order valence-electron chi connectivity index (χ1n) is 5.62. The van der Waals surface area contributed by atoms with Crippen molar-refractivity contribution in [2.24, 2.45) is 0 Å². The van der Waals surface area contributed by atoms with Crippen LogP contribution in [0.5, 0.6) is 0 Å². The Kier molecular flexibility index (Phi) is 4.35. The minimum Gasteiger partial charge on any atom is -0.330 e. The van der Waals surface area contributed by atoms with Gasteiger partial charge in [0, 0.05) is 12.1 Å². The minimum atomic E-state index is -0.427. The first-order chi connectivity index (χ1) is 8.54. The smallest absolute Gasteiger partial charge is 0.178 e. The van der Waals surface area contributed by atoms with E-state index in [2.05, 4.69) is 18.2 Å². The molecule has 0 aliphatic heterocycles. The van der Waals surface area contributed by atoms with E-state index in [0.717, 1.165) is 17.7 Å². The number of hydrogen-bond acceptors (Lipinski definition) is 2. The molecule has 1 aromatic heterocycles. The van der Waals surface area contributed by atoms with Crippen molar-refractivity contribution in [2.75, 3.05) is 12.0 Å². The van der Waals surface area contributed by atoms with Gasteiger partial charge in [-0.25, -0.2) is 4.39 Å². The maximum atomic E-state index is 13.4. The molecule has 2 nitrogen and oxygen atoms in total. The van der Waals surface area contributed by atoms with Crippen molar-refractivity contribution < 1.29 is 4.39 Å². The summed E-state index contributed by atoms with van der Waals surface area (Å²) in [4.78, 5) is 3.02. The van der Waals surface area contributed by atoms with Crippen LogP contribution < -0.4 is 0 Å². The second-order valence-corrected chi connectivity index (χ2v) is 5.99. The number of nitrogens with one attached hydrogen (secondary N) is 1. The van der Waals surface area contributed by atoms with E-state index < -0.39 is 5.82 Å². The van der Waals surface area contributed by atoms with Crippen molar-refractivity contribution in [3.05, 3.63) is 27.7 Å². The molecule has 0 aliphatic carbocycles. The summed E-state index contributed by atoms with van der Waals surface area (Å²) in [6.45, 7) is 2.11. The van der Waals surface area contributed by atoms with Gasteiger partial charge in [-0.05, 0) is 43.6 Å². The lowest BCUT2D eigenvalue weighted by atomic mass is 10.2. The highest BCUT2D eigenvalue weighted by molar-refractivity contribution is 7.98. The standard InChI is InChI=1S/C12H14ClFN2S2/c1-7(3-4-18-2)16-11-5-8(13)9(14)6-10(11)15-12(16)17/h5-7H,3-4H2,1-2H3,(H,15,17). The SMILES string of the molecule is CSCCC(C)n1c(=S)[nH]c2cc(F)c(Cl)cc21. The molecule has 0 fully saturated rings. The maximum absolute atomic E-state index is 13.4. The molecule has 2 aromatic rings. The van der Waals surface area contributed by atoms with E-state index in [1.165, 1.54) is 6.07 Å². The summed E-state index contributed by atoms with van der Waals surface area (Å²) in [6, 6.07) is 3.29. The Morgan fingerprint density at radius 3 is 2.94 bits per heavy atom. The lowest BCUT2D eigenvalue weighted by molar-refractivity contribution is 0.543. The van der Waals surface area contributed by atoms with Gasteiger partial charge in [-0.1, -0.05) is 11.6 Å². The van der Waals surface area contributed by atoms with E-state index in [1.807, 2.05) is 4.57 Å². The van der Waals surface area contributed by atoms with Gasteiger partial charge in [0.15, 0.2) is 4.77 Å². The molecule has 0 bridgehead atoms. The number of fused-ring (bicyclic) bond motifs is 1. The molecular formula is C12H14ClFN2S2.